The molecule has 1 aromatic carbocycles. The number of aromatic nitrogens is 3. The van der Waals surface area contributed by atoms with Crippen LogP contribution in [0, 0.1) is 6.92 Å². The summed E-state index contributed by atoms with van der Waals surface area (Å²) in [4.78, 5) is 30.3. The zero-order valence-corrected chi connectivity index (χ0v) is 18.0. The number of benzene rings is 1. The van der Waals surface area contributed by atoms with E-state index < -0.39 is 0 Å². The van der Waals surface area contributed by atoms with E-state index in [1.54, 1.807) is 24.0 Å². The Morgan fingerprint density at radius 3 is 2.45 bits per heavy atom. The number of amides is 2. The van der Waals surface area contributed by atoms with Crippen molar-refractivity contribution in [3.05, 3.63) is 40.7 Å². The van der Waals surface area contributed by atoms with Crippen LogP contribution in [0.3, 0.4) is 0 Å². The number of carbonyl (C=O) groups is 2. The van der Waals surface area contributed by atoms with Gasteiger partial charge in [-0.25, -0.2) is 0 Å². The van der Waals surface area contributed by atoms with Crippen LogP contribution in [0.4, 0.5) is 0 Å². The zero-order valence-electron chi connectivity index (χ0n) is 17.3. The Hall–Kier alpha value is -2.45. The van der Waals surface area contributed by atoms with Crippen molar-refractivity contribution in [1.29, 1.82) is 0 Å². The van der Waals surface area contributed by atoms with E-state index >= 15 is 0 Å². The fraction of sp³-hybridized carbons (Fsp3) is 0.500. The second kappa shape index (κ2) is 8.51. The molecule has 2 aromatic rings. The number of aryl methyl sites for hydroxylation is 1. The molecule has 1 saturated heterocycles. The molecule has 29 heavy (non-hydrogen) atoms. The molecule has 1 aliphatic rings. The number of hydrogen-bond acceptors (Lipinski definition) is 5. The van der Waals surface area contributed by atoms with Crippen LogP contribution in [0.5, 0.6) is 0 Å². The molecule has 156 valence electrons. The summed E-state index contributed by atoms with van der Waals surface area (Å²) in [5.74, 6) is -0.146. The monoisotopic (exact) mass is 418 g/mol. The number of nitrogens with zero attached hydrogens (tertiary/aromatic N) is 5. The third kappa shape index (κ3) is 5.55. The molecule has 0 spiro atoms. The predicted molar refractivity (Wildman–Crippen MR) is 111 cm³/mol. The van der Waals surface area contributed by atoms with Crippen molar-refractivity contribution in [2.75, 3.05) is 32.7 Å². The number of piperazine rings is 1. The van der Waals surface area contributed by atoms with Crippen molar-refractivity contribution < 1.29 is 9.59 Å². The van der Waals surface area contributed by atoms with Gasteiger partial charge in [0, 0.05) is 36.7 Å². The number of hydrogen-bond donors (Lipinski definition) is 1. The smallest absolute Gasteiger partial charge is 0.276 e. The Labute approximate surface area is 175 Å². The van der Waals surface area contributed by atoms with Crippen molar-refractivity contribution in [1.82, 2.24) is 30.1 Å². The maximum Gasteiger partial charge on any atom is 0.276 e. The van der Waals surface area contributed by atoms with Crippen LogP contribution in [0.1, 0.15) is 37.0 Å². The lowest BCUT2D eigenvalue weighted by molar-refractivity contribution is -0.124. The first-order chi connectivity index (χ1) is 13.6. The quantitative estimate of drug-likeness (QED) is 0.819. The van der Waals surface area contributed by atoms with Crippen molar-refractivity contribution in [3.8, 4) is 5.69 Å². The van der Waals surface area contributed by atoms with Crippen LogP contribution in [0.25, 0.3) is 5.69 Å². The Kier molecular flexibility index (Phi) is 6.24. The van der Waals surface area contributed by atoms with Gasteiger partial charge >= 0.3 is 0 Å². The molecule has 8 nitrogen and oxygen atoms in total. The third-order valence-electron chi connectivity index (χ3n) is 4.57. The molecule has 0 unspecified atom stereocenters. The molecule has 9 heteroatoms. The number of halogens is 1. The maximum atomic E-state index is 12.9. The van der Waals surface area contributed by atoms with Gasteiger partial charge in [-0.15, -0.1) is 5.10 Å². The van der Waals surface area contributed by atoms with Gasteiger partial charge in [0.15, 0.2) is 5.69 Å². The highest BCUT2D eigenvalue weighted by Crippen LogP contribution is 2.16. The second-order valence-corrected chi connectivity index (χ2v) is 8.71. The fourth-order valence-electron chi connectivity index (χ4n) is 3.21. The summed E-state index contributed by atoms with van der Waals surface area (Å²) in [6.07, 6.45) is 0. The molecule has 0 atom stereocenters. The molecule has 1 aliphatic heterocycles. The summed E-state index contributed by atoms with van der Waals surface area (Å²) in [7, 11) is 0. The Morgan fingerprint density at radius 2 is 1.83 bits per heavy atom. The average Bonchev–Trinajstić information content (AvgIpc) is 3.02. The predicted octanol–water partition coefficient (Wildman–Crippen LogP) is 1.90. The molecule has 0 saturated carbocycles. The minimum Gasteiger partial charge on any atom is -0.350 e. The van der Waals surface area contributed by atoms with Crippen molar-refractivity contribution >= 4 is 23.4 Å². The highest BCUT2D eigenvalue weighted by atomic mass is 35.5. The summed E-state index contributed by atoms with van der Waals surface area (Å²) < 4.78 is 0. The minimum absolute atomic E-state index is 0.00224. The van der Waals surface area contributed by atoms with Crippen LogP contribution < -0.4 is 5.32 Å². The summed E-state index contributed by atoms with van der Waals surface area (Å²) in [6.45, 7) is 10.4. The van der Waals surface area contributed by atoms with Gasteiger partial charge in [-0.2, -0.15) is 9.90 Å². The number of carbonyl (C=O) groups excluding carboxylic acids is 2. The summed E-state index contributed by atoms with van der Waals surface area (Å²) >= 11 is 6.03. The Morgan fingerprint density at radius 1 is 1.14 bits per heavy atom. The first kappa shape index (κ1) is 21.3. The zero-order chi connectivity index (χ0) is 21.2. The standard InChI is InChI=1S/C20H27ClN6O2/c1-14-18(24-27(23-14)16-7-5-6-15(21)12-16)19(29)26-10-8-25(9-11-26)13-17(28)22-20(2,3)4/h5-7,12H,8-11,13H2,1-4H3,(H,22,28). The highest BCUT2D eigenvalue weighted by Gasteiger charge is 2.27. The lowest BCUT2D eigenvalue weighted by Crippen LogP contribution is -2.53. The highest BCUT2D eigenvalue weighted by molar-refractivity contribution is 6.30. The fourth-order valence-corrected chi connectivity index (χ4v) is 3.40. The molecule has 0 aliphatic carbocycles. The van der Waals surface area contributed by atoms with Crippen LogP contribution in [0.2, 0.25) is 5.02 Å². The van der Waals surface area contributed by atoms with Crippen LogP contribution in [-0.4, -0.2) is 74.9 Å². The first-order valence-electron chi connectivity index (χ1n) is 9.65. The summed E-state index contributed by atoms with van der Waals surface area (Å²) in [6, 6.07) is 7.17. The van der Waals surface area contributed by atoms with Crippen molar-refractivity contribution in [3.63, 3.8) is 0 Å². The largest absolute Gasteiger partial charge is 0.350 e. The number of nitrogens with one attached hydrogen (secondary N) is 1. The average molecular weight is 419 g/mol. The van der Waals surface area contributed by atoms with Gasteiger partial charge in [0.25, 0.3) is 5.91 Å². The van der Waals surface area contributed by atoms with E-state index in [2.05, 4.69) is 20.4 Å². The molecule has 0 bridgehead atoms. The van der Waals surface area contributed by atoms with Gasteiger partial charge < -0.3 is 10.2 Å². The second-order valence-electron chi connectivity index (χ2n) is 8.27. The van der Waals surface area contributed by atoms with Gasteiger partial charge in [-0.05, 0) is 45.9 Å². The summed E-state index contributed by atoms with van der Waals surface area (Å²) in [5.41, 5.74) is 1.36. The summed E-state index contributed by atoms with van der Waals surface area (Å²) in [5, 5.41) is 12.3. The molecule has 0 radical (unpaired) electrons. The molecule has 1 aromatic heterocycles. The molecule has 3 rings (SSSR count). The van der Waals surface area contributed by atoms with Crippen LogP contribution in [-0.2, 0) is 4.79 Å². The van der Waals surface area contributed by atoms with Crippen molar-refractivity contribution in [2.24, 2.45) is 0 Å². The van der Waals surface area contributed by atoms with E-state index in [0.29, 0.717) is 54.8 Å². The normalized spacial score (nSPS) is 15.4. The van der Waals surface area contributed by atoms with E-state index in [1.807, 2.05) is 32.9 Å². The van der Waals surface area contributed by atoms with E-state index in [1.165, 1.54) is 4.80 Å². The van der Waals surface area contributed by atoms with E-state index in [0.717, 1.165) is 0 Å². The topological polar surface area (TPSA) is 83.4 Å². The van der Waals surface area contributed by atoms with Crippen LogP contribution >= 0.6 is 11.6 Å². The van der Waals surface area contributed by atoms with Gasteiger partial charge in [-0.1, -0.05) is 17.7 Å². The number of rotatable bonds is 4. The molecule has 2 amide bonds. The van der Waals surface area contributed by atoms with E-state index in [9.17, 15) is 9.59 Å². The van der Waals surface area contributed by atoms with Gasteiger partial charge in [0.2, 0.25) is 5.91 Å². The lowest BCUT2D eigenvalue weighted by atomic mass is 10.1. The lowest BCUT2D eigenvalue weighted by Gasteiger charge is -2.34. The molecular formula is C20H27ClN6O2. The molecule has 2 heterocycles. The molecule has 1 fully saturated rings. The molecule has 1 N–H and O–H groups in total. The maximum absolute atomic E-state index is 12.9. The van der Waals surface area contributed by atoms with Gasteiger partial charge in [0.05, 0.1) is 17.9 Å². The SMILES string of the molecule is Cc1nn(-c2cccc(Cl)c2)nc1C(=O)N1CCN(CC(=O)NC(C)(C)C)CC1. The van der Waals surface area contributed by atoms with Crippen LogP contribution in [0.15, 0.2) is 24.3 Å². The Bertz CT molecular complexity index is 897. The first-order valence-corrected chi connectivity index (χ1v) is 10.0. The molecular weight excluding hydrogens is 392 g/mol. The third-order valence-corrected chi connectivity index (χ3v) is 4.80. The van der Waals surface area contributed by atoms with Gasteiger partial charge in [-0.3, -0.25) is 14.5 Å². The Balaban J connectivity index is 1.60. The van der Waals surface area contributed by atoms with Gasteiger partial charge in [0.1, 0.15) is 0 Å². The van der Waals surface area contributed by atoms with Crippen molar-refractivity contribution in [2.45, 2.75) is 33.2 Å². The minimum atomic E-state index is -0.249. The van der Waals surface area contributed by atoms with E-state index in [4.69, 9.17) is 11.6 Å². The van der Waals surface area contributed by atoms with E-state index in [-0.39, 0.29) is 17.4 Å².